The number of carbonyl (C=O) groups is 1. The maximum absolute atomic E-state index is 12.2. The van der Waals surface area contributed by atoms with Gasteiger partial charge in [0.1, 0.15) is 0 Å². The van der Waals surface area contributed by atoms with Crippen molar-refractivity contribution in [1.29, 1.82) is 0 Å². The van der Waals surface area contributed by atoms with Gasteiger partial charge >= 0.3 is 0 Å². The highest BCUT2D eigenvalue weighted by Crippen LogP contribution is 2.19. The van der Waals surface area contributed by atoms with Crippen molar-refractivity contribution in [3.8, 4) is 0 Å². The van der Waals surface area contributed by atoms with E-state index in [2.05, 4.69) is 17.2 Å². The van der Waals surface area contributed by atoms with Gasteiger partial charge in [-0.15, -0.1) is 0 Å². The molecule has 0 aromatic carbocycles. The molecule has 1 aromatic rings. The highest BCUT2D eigenvalue weighted by molar-refractivity contribution is 5.97. The first kappa shape index (κ1) is 11.1. The van der Waals surface area contributed by atoms with Crippen molar-refractivity contribution in [2.75, 3.05) is 18.5 Å². The Hall–Kier alpha value is -1.42. The third-order valence-corrected chi connectivity index (χ3v) is 3.18. The molecule has 0 spiro atoms. The number of anilines is 1. The third-order valence-electron chi connectivity index (χ3n) is 3.18. The van der Waals surface area contributed by atoms with E-state index < -0.39 is 0 Å². The van der Waals surface area contributed by atoms with Gasteiger partial charge in [0.2, 0.25) is 5.91 Å². The minimum absolute atomic E-state index is 0.0434. The Morgan fingerprint density at radius 1 is 1.50 bits per heavy atom. The molecule has 2 atom stereocenters. The molecule has 0 bridgehead atoms. The van der Waals surface area contributed by atoms with Crippen molar-refractivity contribution < 1.29 is 4.79 Å². The van der Waals surface area contributed by atoms with Crippen LogP contribution in [0.3, 0.4) is 0 Å². The van der Waals surface area contributed by atoms with Crippen LogP contribution in [0.15, 0.2) is 24.5 Å². The summed E-state index contributed by atoms with van der Waals surface area (Å²) in [5, 5.41) is 3.25. The number of rotatable bonds is 2. The molecule has 2 rings (SSSR count). The van der Waals surface area contributed by atoms with Gasteiger partial charge in [-0.05, 0) is 31.0 Å². The van der Waals surface area contributed by atoms with Crippen LogP contribution in [-0.4, -0.2) is 30.5 Å². The quantitative estimate of drug-likeness (QED) is 0.808. The van der Waals surface area contributed by atoms with Crippen molar-refractivity contribution in [2.24, 2.45) is 5.92 Å². The lowest BCUT2D eigenvalue weighted by molar-refractivity contribution is -0.120. The first-order valence-electron chi connectivity index (χ1n) is 5.61. The van der Waals surface area contributed by atoms with Crippen molar-refractivity contribution in [2.45, 2.75) is 19.4 Å². The topological polar surface area (TPSA) is 45.2 Å². The van der Waals surface area contributed by atoms with Gasteiger partial charge in [-0.3, -0.25) is 9.78 Å². The zero-order valence-corrected chi connectivity index (χ0v) is 9.68. The average molecular weight is 219 g/mol. The highest BCUT2D eigenvalue weighted by atomic mass is 16.2. The summed E-state index contributed by atoms with van der Waals surface area (Å²) >= 11 is 0. The van der Waals surface area contributed by atoms with E-state index in [0.717, 1.165) is 18.7 Å². The Kier molecular flexibility index (Phi) is 3.19. The van der Waals surface area contributed by atoms with E-state index in [4.69, 9.17) is 0 Å². The van der Waals surface area contributed by atoms with Crippen LogP contribution >= 0.6 is 0 Å². The molecule has 1 aliphatic heterocycles. The Morgan fingerprint density at radius 3 is 2.75 bits per heavy atom. The van der Waals surface area contributed by atoms with Crippen molar-refractivity contribution in [3.05, 3.63) is 24.5 Å². The fourth-order valence-electron chi connectivity index (χ4n) is 2.07. The standard InChI is InChI=1S/C12H17N3O/c1-9-3-8-14-11(9)12(16)15(2)10-4-6-13-7-5-10/h4-7,9,11,14H,3,8H2,1-2H3. The summed E-state index contributed by atoms with van der Waals surface area (Å²) in [6.07, 6.45) is 4.47. The van der Waals surface area contributed by atoms with Crippen LogP contribution in [0.25, 0.3) is 0 Å². The molecule has 2 unspecified atom stereocenters. The molecule has 0 radical (unpaired) electrons. The Morgan fingerprint density at radius 2 is 2.19 bits per heavy atom. The summed E-state index contributed by atoms with van der Waals surface area (Å²) in [6.45, 7) is 3.05. The zero-order chi connectivity index (χ0) is 11.5. The predicted molar refractivity (Wildman–Crippen MR) is 63.2 cm³/mol. The van der Waals surface area contributed by atoms with E-state index in [1.165, 1.54) is 0 Å². The summed E-state index contributed by atoms with van der Waals surface area (Å²) < 4.78 is 0. The van der Waals surface area contributed by atoms with E-state index in [9.17, 15) is 4.79 Å². The second-order valence-corrected chi connectivity index (χ2v) is 4.30. The van der Waals surface area contributed by atoms with E-state index in [1.807, 2.05) is 19.2 Å². The van der Waals surface area contributed by atoms with Crippen molar-refractivity contribution >= 4 is 11.6 Å². The van der Waals surface area contributed by atoms with Crippen LogP contribution in [0.4, 0.5) is 5.69 Å². The molecule has 0 saturated carbocycles. The summed E-state index contributed by atoms with van der Waals surface area (Å²) in [7, 11) is 1.81. The van der Waals surface area contributed by atoms with E-state index in [1.54, 1.807) is 17.3 Å². The van der Waals surface area contributed by atoms with Crippen LogP contribution < -0.4 is 10.2 Å². The molecule has 0 aliphatic carbocycles. The number of nitrogens with one attached hydrogen (secondary N) is 1. The minimum atomic E-state index is -0.0434. The molecule has 16 heavy (non-hydrogen) atoms. The number of nitrogens with zero attached hydrogens (tertiary/aromatic N) is 2. The monoisotopic (exact) mass is 219 g/mol. The van der Waals surface area contributed by atoms with Crippen LogP contribution in [0.2, 0.25) is 0 Å². The maximum Gasteiger partial charge on any atom is 0.244 e. The zero-order valence-electron chi connectivity index (χ0n) is 9.68. The summed E-state index contributed by atoms with van der Waals surface area (Å²) in [5.74, 6) is 0.549. The van der Waals surface area contributed by atoms with Gasteiger partial charge in [-0.2, -0.15) is 0 Å². The molecule has 1 saturated heterocycles. The molecule has 1 aromatic heterocycles. The lowest BCUT2D eigenvalue weighted by atomic mass is 10.0. The molecule has 1 fully saturated rings. The lowest BCUT2D eigenvalue weighted by Crippen LogP contribution is -2.44. The summed E-state index contributed by atoms with van der Waals surface area (Å²) in [4.78, 5) is 17.8. The summed E-state index contributed by atoms with van der Waals surface area (Å²) in [6, 6.07) is 3.65. The summed E-state index contributed by atoms with van der Waals surface area (Å²) in [5.41, 5.74) is 0.890. The molecule has 4 nitrogen and oxygen atoms in total. The first-order chi connectivity index (χ1) is 7.70. The average Bonchev–Trinajstić information content (AvgIpc) is 2.75. The third kappa shape index (κ3) is 2.07. The molecule has 1 aliphatic rings. The lowest BCUT2D eigenvalue weighted by Gasteiger charge is -2.23. The van der Waals surface area contributed by atoms with E-state index in [0.29, 0.717) is 5.92 Å². The molecule has 1 N–H and O–H groups in total. The van der Waals surface area contributed by atoms with Gasteiger partial charge in [-0.1, -0.05) is 6.92 Å². The molecule has 86 valence electrons. The van der Waals surface area contributed by atoms with E-state index >= 15 is 0 Å². The van der Waals surface area contributed by atoms with Gasteiger partial charge < -0.3 is 10.2 Å². The Labute approximate surface area is 95.7 Å². The predicted octanol–water partition coefficient (Wildman–Crippen LogP) is 1.04. The number of carbonyl (C=O) groups excluding carboxylic acids is 1. The molecule has 2 heterocycles. The number of pyridine rings is 1. The Balaban J connectivity index is 2.10. The first-order valence-corrected chi connectivity index (χ1v) is 5.61. The second kappa shape index (κ2) is 4.61. The largest absolute Gasteiger partial charge is 0.314 e. The van der Waals surface area contributed by atoms with Crippen molar-refractivity contribution in [3.63, 3.8) is 0 Å². The number of likely N-dealkylation sites (N-methyl/N-ethyl adjacent to an activating group) is 1. The van der Waals surface area contributed by atoms with Gasteiger partial charge in [0, 0.05) is 25.1 Å². The smallest absolute Gasteiger partial charge is 0.244 e. The van der Waals surface area contributed by atoms with Crippen LogP contribution in [0.5, 0.6) is 0 Å². The van der Waals surface area contributed by atoms with Gasteiger partial charge in [0.25, 0.3) is 0 Å². The minimum Gasteiger partial charge on any atom is -0.314 e. The van der Waals surface area contributed by atoms with Gasteiger partial charge in [0.05, 0.1) is 6.04 Å². The SMILES string of the molecule is CC1CCNC1C(=O)N(C)c1ccncc1. The molecule has 4 heteroatoms. The Bertz CT molecular complexity index is 366. The maximum atomic E-state index is 12.2. The number of amides is 1. The number of hydrogen-bond donors (Lipinski definition) is 1. The van der Waals surface area contributed by atoms with E-state index in [-0.39, 0.29) is 11.9 Å². The van der Waals surface area contributed by atoms with Gasteiger partial charge in [-0.25, -0.2) is 0 Å². The fraction of sp³-hybridized carbons (Fsp3) is 0.500. The molecular formula is C12H17N3O. The van der Waals surface area contributed by atoms with Crippen LogP contribution in [-0.2, 0) is 4.79 Å². The second-order valence-electron chi connectivity index (χ2n) is 4.30. The highest BCUT2D eigenvalue weighted by Gasteiger charge is 2.31. The molecule has 1 amide bonds. The van der Waals surface area contributed by atoms with Crippen LogP contribution in [0.1, 0.15) is 13.3 Å². The van der Waals surface area contributed by atoms with Crippen LogP contribution in [0, 0.1) is 5.92 Å². The van der Waals surface area contributed by atoms with Gasteiger partial charge in [0.15, 0.2) is 0 Å². The normalized spacial score (nSPS) is 24.4. The fourth-order valence-corrected chi connectivity index (χ4v) is 2.07. The number of aromatic nitrogens is 1. The number of hydrogen-bond acceptors (Lipinski definition) is 3. The van der Waals surface area contributed by atoms with Crippen molar-refractivity contribution in [1.82, 2.24) is 10.3 Å². The molecular weight excluding hydrogens is 202 g/mol.